The van der Waals surface area contributed by atoms with Crippen LogP contribution in [0.25, 0.3) is 0 Å². The molecule has 1 aliphatic heterocycles. The maximum absolute atomic E-state index is 14.6. The lowest BCUT2D eigenvalue weighted by molar-refractivity contribution is -0.303. The molecule has 5 aliphatic rings. The van der Waals surface area contributed by atoms with E-state index in [4.69, 9.17) is 14.2 Å². The summed E-state index contributed by atoms with van der Waals surface area (Å²) in [5, 5.41) is 12.9. The predicted molar refractivity (Wildman–Crippen MR) is 126 cm³/mol. The Morgan fingerprint density at radius 1 is 1.26 bits per heavy atom. The van der Waals surface area contributed by atoms with Crippen molar-refractivity contribution < 1.29 is 28.9 Å². The summed E-state index contributed by atoms with van der Waals surface area (Å²) < 4.78 is 18.4. The summed E-state index contributed by atoms with van der Waals surface area (Å²) in [5.74, 6) is -1.30. The van der Waals surface area contributed by atoms with Crippen LogP contribution in [0.1, 0.15) is 61.8 Å². The van der Waals surface area contributed by atoms with Gasteiger partial charge in [0.1, 0.15) is 6.10 Å². The molecule has 1 saturated heterocycles. The van der Waals surface area contributed by atoms with E-state index in [1.165, 1.54) is 0 Å². The molecule has 1 N–H and O–H groups in total. The highest BCUT2D eigenvalue weighted by Crippen LogP contribution is 2.72. The van der Waals surface area contributed by atoms with E-state index in [1.807, 2.05) is 32.9 Å². The van der Waals surface area contributed by atoms with Gasteiger partial charge in [-0.15, -0.1) is 0 Å². The number of ketones is 1. The van der Waals surface area contributed by atoms with Crippen molar-refractivity contribution in [2.24, 2.45) is 34.5 Å². The smallest absolute Gasteiger partial charge is 0.334 e. The standard InChI is InChI=1S/C28H38O6/c1-9-14(2)24(30)33-22-15(3)12-27-16(4)10-19-20(25(19,5)6)18(21(27)29)11-17-13-32-26(7,8)34-23(17)28(22,27)31/h9,11-12,16,18-20,22-23,31H,10,13H2,1-8H3/b14-9+/t16-,18+,19-,20+,22+,23-,27+,28?/m1/s1. The number of hydrogen-bond donors (Lipinski definition) is 1. The number of rotatable bonds is 2. The summed E-state index contributed by atoms with van der Waals surface area (Å²) in [7, 11) is 0. The Kier molecular flexibility index (Phi) is 5.03. The third-order valence-corrected chi connectivity index (χ3v) is 9.65. The zero-order valence-electron chi connectivity index (χ0n) is 21.6. The molecule has 4 aliphatic carbocycles. The first-order valence-corrected chi connectivity index (χ1v) is 12.5. The van der Waals surface area contributed by atoms with Gasteiger partial charge in [0, 0.05) is 11.5 Å². The van der Waals surface area contributed by atoms with E-state index in [1.54, 1.807) is 19.9 Å². The average molecular weight is 471 g/mol. The van der Waals surface area contributed by atoms with E-state index >= 15 is 0 Å². The molecule has 2 saturated carbocycles. The molecule has 0 radical (unpaired) electrons. The topological polar surface area (TPSA) is 82.1 Å². The first-order chi connectivity index (χ1) is 15.7. The summed E-state index contributed by atoms with van der Waals surface area (Å²) in [4.78, 5) is 27.5. The number of hydrogen-bond acceptors (Lipinski definition) is 6. The lowest BCUT2D eigenvalue weighted by Gasteiger charge is -2.52. The van der Waals surface area contributed by atoms with Gasteiger partial charge in [-0.2, -0.15) is 0 Å². The Bertz CT molecular complexity index is 1050. The van der Waals surface area contributed by atoms with Gasteiger partial charge in [0.25, 0.3) is 0 Å². The van der Waals surface area contributed by atoms with E-state index < -0.39 is 35.0 Å². The van der Waals surface area contributed by atoms with Crippen molar-refractivity contribution in [2.45, 2.75) is 85.4 Å². The van der Waals surface area contributed by atoms with Gasteiger partial charge < -0.3 is 19.3 Å². The first-order valence-electron chi connectivity index (χ1n) is 12.5. The summed E-state index contributed by atoms with van der Waals surface area (Å²) >= 11 is 0. The minimum Gasteiger partial charge on any atom is -0.451 e. The molecule has 5 rings (SSSR count). The van der Waals surface area contributed by atoms with Crippen molar-refractivity contribution in [1.29, 1.82) is 0 Å². The molecule has 0 aromatic carbocycles. The normalized spacial score (nSPS) is 46.1. The molecular weight excluding hydrogens is 432 g/mol. The van der Waals surface area contributed by atoms with Gasteiger partial charge in [-0.05, 0) is 75.4 Å². The van der Waals surface area contributed by atoms with Gasteiger partial charge in [0.05, 0.1) is 12.0 Å². The van der Waals surface area contributed by atoms with Crippen molar-refractivity contribution in [3.8, 4) is 0 Å². The second kappa shape index (κ2) is 7.14. The Labute approximate surface area is 202 Å². The van der Waals surface area contributed by atoms with Crippen LogP contribution in [0.5, 0.6) is 0 Å². The lowest BCUT2D eigenvalue weighted by atomic mass is 9.59. The van der Waals surface area contributed by atoms with Crippen molar-refractivity contribution in [3.63, 3.8) is 0 Å². The van der Waals surface area contributed by atoms with Crippen LogP contribution < -0.4 is 0 Å². The van der Waals surface area contributed by atoms with E-state index in [2.05, 4.69) is 20.8 Å². The first kappa shape index (κ1) is 24.0. The molecule has 3 fully saturated rings. The van der Waals surface area contributed by atoms with Crippen molar-refractivity contribution in [3.05, 3.63) is 34.9 Å². The molecule has 186 valence electrons. The maximum Gasteiger partial charge on any atom is 0.334 e. The Morgan fingerprint density at radius 2 is 1.94 bits per heavy atom. The second-order valence-electron chi connectivity index (χ2n) is 12.2. The highest BCUT2D eigenvalue weighted by atomic mass is 16.7. The number of allylic oxidation sites excluding steroid dienone is 2. The summed E-state index contributed by atoms with van der Waals surface area (Å²) in [6.45, 7) is 15.8. The molecule has 1 unspecified atom stereocenters. The molecule has 0 aromatic rings. The Morgan fingerprint density at radius 3 is 2.59 bits per heavy atom. The van der Waals surface area contributed by atoms with Gasteiger partial charge >= 0.3 is 5.97 Å². The number of carbonyl (C=O) groups excluding carboxylic acids is 2. The number of carbonyl (C=O) groups is 2. The SMILES string of the molecule is C/C=C(\C)C(=O)O[C@H]1C(C)=C[C@]23C(=O)[C@@H](C=C4COC(C)(C)O[C@H]4C12O)[C@H]1[C@@H](C[C@H]3C)C1(C)C. The second-order valence-corrected chi connectivity index (χ2v) is 12.2. The summed E-state index contributed by atoms with van der Waals surface area (Å²) in [6.07, 6.45) is 4.62. The van der Waals surface area contributed by atoms with Crippen molar-refractivity contribution >= 4 is 11.8 Å². The maximum atomic E-state index is 14.6. The molecule has 0 aromatic heterocycles. The molecule has 1 spiro atoms. The van der Waals surface area contributed by atoms with Gasteiger partial charge in [0.15, 0.2) is 23.3 Å². The molecule has 2 bridgehead atoms. The van der Waals surface area contributed by atoms with Gasteiger partial charge in [0.2, 0.25) is 0 Å². The number of Topliss-reactive ketones (excluding diaryl/α,β-unsaturated/α-hetero) is 1. The fourth-order valence-electron chi connectivity index (χ4n) is 7.62. The fourth-order valence-corrected chi connectivity index (χ4v) is 7.62. The highest BCUT2D eigenvalue weighted by molar-refractivity contribution is 5.96. The minimum absolute atomic E-state index is 0.0181. The van der Waals surface area contributed by atoms with Crippen LogP contribution >= 0.6 is 0 Å². The van der Waals surface area contributed by atoms with Crippen LogP contribution in [-0.4, -0.2) is 47.1 Å². The van der Waals surface area contributed by atoms with E-state index in [0.29, 0.717) is 17.1 Å². The summed E-state index contributed by atoms with van der Waals surface area (Å²) in [5.41, 5.74) is -0.994. The van der Waals surface area contributed by atoms with E-state index in [0.717, 1.165) is 12.0 Å². The van der Waals surface area contributed by atoms with Crippen LogP contribution in [0.3, 0.4) is 0 Å². The van der Waals surface area contributed by atoms with Crippen LogP contribution in [0, 0.1) is 34.5 Å². The molecule has 6 heteroatoms. The van der Waals surface area contributed by atoms with Crippen LogP contribution in [0.2, 0.25) is 0 Å². The fraction of sp³-hybridized carbons (Fsp3) is 0.714. The molecule has 8 atom stereocenters. The number of ether oxygens (including phenoxy) is 3. The number of fused-ring (bicyclic) bond motifs is 5. The molecule has 6 nitrogen and oxygen atoms in total. The molecule has 0 amide bonds. The average Bonchev–Trinajstić information content (AvgIpc) is 3.25. The third-order valence-electron chi connectivity index (χ3n) is 9.65. The number of aliphatic hydroxyl groups is 1. The van der Waals surface area contributed by atoms with Gasteiger partial charge in [-0.3, -0.25) is 4.79 Å². The third kappa shape index (κ3) is 2.85. The Balaban J connectivity index is 1.72. The largest absolute Gasteiger partial charge is 0.451 e. The quantitative estimate of drug-likeness (QED) is 0.371. The monoisotopic (exact) mass is 470 g/mol. The Hall–Kier alpha value is -1.76. The molecule has 1 heterocycles. The molecular formula is C28H38O6. The highest BCUT2D eigenvalue weighted by Gasteiger charge is 2.77. The van der Waals surface area contributed by atoms with Gasteiger partial charge in [-0.1, -0.05) is 39.0 Å². The van der Waals surface area contributed by atoms with Crippen molar-refractivity contribution in [1.82, 2.24) is 0 Å². The lowest BCUT2D eigenvalue weighted by Crippen LogP contribution is -2.68. The summed E-state index contributed by atoms with van der Waals surface area (Å²) in [6, 6.07) is 0. The molecule has 34 heavy (non-hydrogen) atoms. The van der Waals surface area contributed by atoms with Crippen molar-refractivity contribution in [2.75, 3.05) is 6.61 Å². The van der Waals surface area contributed by atoms with Crippen LogP contribution in [0.15, 0.2) is 34.9 Å². The van der Waals surface area contributed by atoms with E-state index in [9.17, 15) is 14.7 Å². The zero-order chi connectivity index (χ0) is 25.0. The van der Waals surface area contributed by atoms with E-state index in [-0.39, 0.29) is 35.6 Å². The van der Waals surface area contributed by atoms with Crippen LogP contribution in [0.4, 0.5) is 0 Å². The number of esters is 1. The van der Waals surface area contributed by atoms with Crippen LogP contribution in [-0.2, 0) is 23.8 Å². The zero-order valence-corrected chi connectivity index (χ0v) is 21.6. The predicted octanol–water partition coefficient (Wildman–Crippen LogP) is 4.13. The van der Waals surface area contributed by atoms with Gasteiger partial charge in [-0.25, -0.2) is 4.79 Å². The minimum atomic E-state index is -1.76.